The van der Waals surface area contributed by atoms with Crippen molar-refractivity contribution in [2.24, 2.45) is 11.0 Å². The van der Waals surface area contributed by atoms with Gasteiger partial charge in [0.15, 0.2) is 0 Å². The fourth-order valence-corrected chi connectivity index (χ4v) is 5.05. The van der Waals surface area contributed by atoms with Crippen molar-refractivity contribution in [1.29, 1.82) is 0 Å². The highest BCUT2D eigenvalue weighted by Crippen LogP contribution is 2.44. The fraction of sp³-hybridized carbons (Fsp3) is 0.185. The van der Waals surface area contributed by atoms with Crippen molar-refractivity contribution < 1.29 is 4.79 Å². The highest BCUT2D eigenvalue weighted by molar-refractivity contribution is 9.10. The average molecular weight is 471 g/mol. The molecule has 4 heteroatoms. The van der Waals surface area contributed by atoms with Crippen LogP contribution in [0.1, 0.15) is 46.8 Å². The summed E-state index contributed by atoms with van der Waals surface area (Å²) in [5.74, 6) is 0.151. The number of allylic oxidation sites excluding steroid dienone is 1. The summed E-state index contributed by atoms with van der Waals surface area (Å²) in [5.41, 5.74) is 5.26. The molecule has 0 unspecified atom stereocenters. The first-order chi connectivity index (χ1) is 15.2. The number of carbonyl (C=O) groups is 1. The summed E-state index contributed by atoms with van der Waals surface area (Å²) in [5, 5.41) is 6.69. The molecule has 2 aliphatic rings. The van der Waals surface area contributed by atoms with Crippen LogP contribution in [0.3, 0.4) is 0 Å². The molecule has 3 aromatic rings. The van der Waals surface area contributed by atoms with Crippen LogP contribution >= 0.6 is 15.9 Å². The molecule has 0 aromatic heterocycles. The second-order valence-electron chi connectivity index (χ2n) is 8.08. The van der Waals surface area contributed by atoms with Crippen LogP contribution in [0.5, 0.6) is 0 Å². The normalized spacial score (nSPS) is 21.6. The molecule has 0 spiro atoms. The van der Waals surface area contributed by atoms with Crippen LogP contribution in [0.25, 0.3) is 6.08 Å². The van der Waals surface area contributed by atoms with E-state index < -0.39 is 0 Å². The van der Waals surface area contributed by atoms with E-state index in [1.165, 1.54) is 11.1 Å². The number of nitrogens with zero attached hydrogens (tertiary/aromatic N) is 2. The van der Waals surface area contributed by atoms with E-state index >= 15 is 0 Å². The molecule has 1 heterocycles. The minimum atomic E-state index is -0.0813. The monoisotopic (exact) mass is 470 g/mol. The van der Waals surface area contributed by atoms with Gasteiger partial charge in [0, 0.05) is 16.0 Å². The molecule has 5 rings (SSSR count). The number of rotatable bonds is 3. The van der Waals surface area contributed by atoms with Crippen LogP contribution in [0.15, 0.2) is 100 Å². The first-order valence-electron chi connectivity index (χ1n) is 10.7. The van der Waals surface area contributed by atoms with E-state index in [-0.39, 0.29) is 17.9 Å². The van der Waals surface area contributed by atoms with Gasteiger partial charge in [-0.25, -0.2) is 5.01 Å². The van der Waals surface area contributed by atoms with Gasteiger partial charge < -0.3 is 0 Å². The van der Waals surface area contributed by atoms with Gasteiger partial charge in [0.2, 0.25) is 0 Å². The second kappa shape index (κ2) is 8.64. The molecule has 154 valence electrons. The molecule has 0 saturated heterocycles. The summed E-state index contributed by atoms with van der Waals surface area (Å²) in [6, 6.07) is 28.2. The van der Waals surface area contributed by atoms with Crippen molar-refractivity contribution in [1.82, 2.24) is 5.01 Å². The third-order valence-electron chi connectivity index (χ3n) is 6.06. The van der Waals surface area contributed by atoms with Crippen molar-refractivity contribution in [2.45, 2.75) is 25.3 Å². The summed E-state index contributed by atoms with van der Waals surface area (Å²) >= 11 is 3.49. The molecule has 1 aliphatic carbocycles. The molecule has 31 heavy (non-hydrogen) atoms. The highest BCUT2D eigenvalue weighted by Gasteiger charge is 2.43. The number of halogens is 1. The van der Waals surface area contributed by atoms with E-state index in [2.05, 4.69) is 58.4 Å². The lowest BCUT2D eigenvalue weighted by molar-refractivity contribution is 0.0681. The Morgan fingerprint density at radius 2 is 1.71 bits per heavy atom. The van der Waals surface area contributed by atoms with Crippen LogP contribution < -0.4 is 0 Å². The minimum Gasteiger partial charge on any atom is -0.267 e. The predicted molar refractivity (Wildman–Crippen MR) is 129 cm³/mol. The van der Waals surface area contributed by atoms with Crippen LogP contribution in [0.2, 0.25) is 0 Å². The number of carbonyl (C=O) groups excluding carboxylic acids is 1. The zero-order valence-corrected chi connectivity index (χ0v) is 18.7. The van der Waals surface area contributed by atoms with Crippen molar-refractivity contribution in [2.75, 3.05) is 0 Å². The molecule has 0 N–H and O–H groups in total. The largest absolute Gasteiger partial charge is 0.274 e. The van der Waals surface area contributed by atoms with Gasteiger partial charge >= 0.3 is 0 Å². The van der Waals surface area contributed by atoms with E-state index in [1.54, 1.807) is 5.01 Å². The molecule has 1 amide bonds. The van der Waals surface area contributed by atoms with Crippen LogP contribution in [0.4, 0.5) is 0 Å². The van der Waals surface area contributed by atoms with E-state index in [1.807, 2.05) is 48.5 Å². The predicted octanol–water partition coefficient (Wildman–Crippen LogP) is 6.89. The lowest BCUT2D eigenvalue weighted by atomic mass is 9.77. The SMILES string of the molecule is O=C(c1cccc(Br)c1)N1N=C2/C(=C\c3ccccc3)CCC[C@@H]2[C@@H]1c1ccccc1. The van der Waals surface area contributed by atoms with Crippen molar-refractivity contribution in [3.8, 4) is 0 Å². The molecule has 1 saturated carbocycles. The third-order valence-corrected chi connectivity index (χ3v) is 6.56. The summed E-state index contributed by atoms with van der Waals surface area (Å²) < 4.78 is 0.892. The maximum Gasteiger partial charge on any atom is 0.274 e. The first kappa shape index (κ1) is 20.0. The Kier molecular flexibility index (Phi) is 5.56. The van der Waals surface area contributed by atoms with Gasteiger partial charge in [-0.1, -0.05) is 82.7 Å². The maximum absolute atomic E-state index is 13.6. The van der Waals surface area contributed by atoms with Gasteiger partial charge in [0.25, 0.3) is 5.91 Å². The molecule has 3 nitrogen and oxygen atoms in total. The molecule has 1 fully saturated rings. The number of fused-ring (bicyclic) bond motifs is 1. The standard InChI is InChI=1S/C27H23BrN2O/c28-23-15-7-14-22(18-23)27(31)30-26(20-11-5-2-6-12-20)24-16-8-13-21(25(24)29-30)17-19-9-3-1-4-10-19/h1-7,9-12,14-15,17-18,24,26H,8,13,16H2/b21-17-/t24-,26-/m0/s1. The van der Waals surface area contributed by atoms with Gasteiger partial charge in [0.1, 0.15) is 0 Å². The number of hydrogen-bond donors (Lipinski definition) is 0. The quantitative estimate of drug-likeness (QED) is 0.410. The fourth-order valence-electron chi connectivity index (χ4n) is 4.66. The van der Waals surface area contributed by atoms with Gasteiger partial charge in [-0.05, 0) is 60.2 Å². The van der Waals surface area contributed by atoms with E-state index in [4.69, 9.17) is 5.10 Å². The van der Waals surface area contributed by atoms with Crippen molar-refractivity contribution >= 4 is 33.6 Å². The molecule has 2 atom stereocenters. The molecule has 0 radical (unpaired) electrons. The van der Waals surface area contributed by atoms with Gasteiger partial charge in [-0.15, -0.1) is 0 Å². The Morgan fingerprint density at radius 1 is 0.968 bits per heavy atom. The Balaban J connectivity index is 1.58. The zero-order chi connectivity index (χ0) is 21.2. The average Bonchev–Trinajstić information content (AvgIpc) is 3.20. The van der Waals surface area contributed by atoms with E-state index in [0.717, 1.165) is 35.0 Å². The molecule has 0 bridgehead atoms. The van der Waals surface area contributed by atoms with E-state index in [9.17, 15) is 4.79 Å². The summed E-state index contributed by atoms with van der Waals surface area (Å²) in [4.78, 5) is 13.6. The smallest absolute Gasteiger partial charge is 0.267 e. The van der Waals surface area contributed by atoms with Crippen molar-refractivity contribution in [3.63, 3.8) is 0 Å². The Morgan fingerprint density at radius 3 is 2.45 bits per heavy atom. The molecule has 1 aliphatic heterocycles. The lowest BCUT2D eigenvalue weighted by Crippen LogP contribution is -2.31. The Bertz CT molecular complexity index is 1150. The summed E-state index contributed by atoms with van der Waals surface area (Å²) in [6.07, 6.45) is 5.36. The summed E-state index contributed by atoms with van der Waals surface area (Å²) in [6.45, 7) is 0. The lowest BCUT2D eigenvalue weighted by Gasteiger charge is -2.29. The molecular weight excluding hydrogens is 448 g/mol. The van der Waals surface area contributed by atoms with Crippen LogP contribution in [-0.2, 0) is 0 Å². The Hall–Kier alpha value is -2.98. The maximum atomic E-state index is 13.6. The molecule has 3 aromatic carbocycles. The number of amides is 1. The van der Waals surface area contributed by atoms with E-state index in [0.29, 0.717) is 5.56 Å². The van der Waals surface area contributed by atoms with Crippen molar-refractivity contribution in [3.05, 3.63) is 112 Å². The van der Waals surface area contributed by atoms with Crippen LogP contribution in [-0.4, -0.2) is 16.6 Å². The highest BCUT2D eigenvalue weighted by atomic mass is 79.9. The molecular formula is C27H23BrN2O. The van der Waals surface area contributed by atoms with Gasteiger partial charge in [0.05, 0.1) is 11.8 Å². The topological polar surface area (TPSA) is 32.7 Å². The third kappa shape index (κ3) is 4.00. The van der Waals surface area contributed by atoms with Crippen LogP contribution in [0, 0.1) is 5.92 Å². The Labute approximate surface area is 191 Å². The number of hydrazone groups is 1. The zero-order valence-electron chi connectivity index (χ0n) is 17.1. The minimum absolute atomic E-state index is 0.0592. The second-order valence-corrected chi connectivity index (χ2v) is 9.00. The summed E-state index contributed by atoms with van der Waals surface area (Å²) in [7, 11) is 0. The van der Waals surface area contributed by atoms with Gasteiger partial charge in [-0.3, -0.25) is 4.79 Å². The first-order valence-corrected chi connectivity index (χ1v) is 11.5. The number of hydrogen-bond acceptors (Lipinski definition) is 2. The van der Waals surface area contributed by atoms with Gasteiger partial charge in [-0.2, -0.15) is 5.10 Å². The number of benzene rings is 3.